The minimum atomic E-state index is 0.402. The van der Waals surface area contributed by atoms with Crippen LogP contribution in [0.3, 0.4) is 0 Å². The van der Waals surface area contributed by atoms with Crippen molar-refractivity contribution in [2.75, 3.05) is 21.3 Å². The standard InChI is InChI=1S/C16H25NO3/c1-18-14-6-4-5-13(9-14)17-11-12-7-8-15(19-2)10-16(12)20-3/h7-8,10,13-14,17H,4-6,9,11H2,1-3H3. The zero-order valence-electron chi connectivity index (χ0n) is 12.6. The van der Waals surface area contributed by atoms with E-state index in [1.807, 2.05) is 12.1 Å². The van der Waals surface area contributed by atoms with Crippen LogP contribution >= 0.6 is 0 Å². The highest BCUT2D eigenvalue weighted by Gasteiger charge is 2.21. The first-order chi connectivity index (χ1) is 9.76. The molecule has 1 aliphatic rings. The van der Waals surface area contributed by atoms with E-state index in [9.17, 15) is 0 Å². The SMILES string of the molecule is COc1ccc(CNC2CCCC(OC)C2)c(OC)c1. The molecule has 1 saturated carbocycles. The molecule has 0 heterocycles. The van der Waals surface area contributed by atoms with E-state index in [0.29, 0.717) is 12.1 Å². The lowest BCUT2D eigenvalue weighted by Crippen LogP contribution is -2.36. The number of hydrogen-bond donors (Lipinski definition) is 1. The Hall–Kier alpha value is -1.26. The van der Waals surface area contributed by atoms with Crippen LogP contribution in [0.2, 0.25) is 0 Å². The number of nitrogens with one attached hydrogen (secondary N) is 1. The summed E-state index contributed by atoms with van der Waals surface area (Å²) in [6, 6.07) is 6.48. The third-order valence-corrected chi connectivity index (χ3v) is 4.03. The van der Waals surface area contributed by atoms with Crippen molar-refractivity contribution in [2.45, 2.75) is 44.4 Å². The van der Waals surface area contributed by atoms with E-state index >= 15 is 0 Å². The molecule has 1 aromatic rings. The molecule has 0 spiro atoms. The molecule has 0 aromatic heterocycles. The maximum Gasteiger partial charge on any atom is 0.127 e. The molecular weight excluding hydrogens is 254 g/mol. The fraction of sp³-hybridized carbons (Fsp3) is 0.625. The summed E-state index contributed by atoms with van der Waals surface area (Å²) in [6.07, 6.45) is 5.13. The number of ether oxygens (including phenoxy) is 3. The van der Waals surface area contributed by atoms with Gasteiger partial charge in [-0.1, -0.05) is 6.07 Å². The van der Waals surface area contributed by atoms with Gasteiger partial charge in [0.2, 0.25) is 0 Å². The molecule has 0 saturated heterocycles. The van der Waals surface area contributed by atoms with Crippen LogP contribution in [0.1, 0.15) is 31.2 Å². The van der Waals surface area contributed by atoms with Gasteiger partial charge in [0.1, 0.15) is 11.5 Å². The van der Waals surface area contributed by atoms with E-state index in [0.717, 1.165) is 30.0 Å². The Morgan fingerprint density at radius 1 is 1.15 bits per heavy atom. The fourth-order valence-corrected chi connectivity index (χ4v) is 2.80. The summed E-state index contributed by atoms with van der Waals surface area (Å²) in [4.78, 5) is 0. The quantitative estimate of drug-likeness (QED) is 0.869. The van der Waals surface area contributed by atoms with Crippen molar-refractivity contribution >= 4 is 0 Å². The molecule has 2 unspecified atom stereocenters. The first-order valence-corrected chi connectivity index (χ1v) is 7.24. The number of benzene rings is 1. The normalized spacial score (nSPS) is 22.6. The monoisotopic (exact) mass is 279 g/mol. The zero-order valence-corrected chi connectivity index (χ0v) is 12.6. The van der Waals surface area contributed by atoms with Gasteiger partial charge in [-0.15, -0.1) is 0 Å². The smallest absolute Gasteiger partial charge is 0.127 e. The van der Waals surface area contributed by atoms with Crippen LogP contribution in [0.5, 0.6) is 11.5 Å². The van der Waals surface area contributed by atoms with Gasteiger partial charge in [0.05, 0.1) is 20.3 Å². The summed E-state index contributed by atoms with van der Waals surface area (Å²) in [5.74, 6) is 1.69. The molecule has 1 fully saturated rings. The maximum absolute atomic E-state index is 5.47. The second kappa shape index (κ2) is 7.50. The lowest BCUT2D eigenvalue weighted by Gasteiger charge is -2.29. The predicted molar refractivity (Wildman–Crippen MR) is 79.4 cm³/mol. The highest BCUT2D eigenvalue weighted by Crippen LogP contribution is 2.26. The third kappa shape index (κ3) is 3.87. The van der Waals surface area contributed by atoms with Crippen LogP contribution in [0.4, 0.5) is 0 Å². The summed E-state index contributed by atoms with van der Waals surface area (Å²) in [7, 11) is 5.17. The van der Waals surface area contributed by atoms with Crippen molar-refractivity contribution in [3.63, 3.8) is 0 Å². The predicted octanol–water partition coefficient (Wildman–Crippen LogP) is 2.75. The lowest BCUT2D eigenvalue weighted by atomic mass is 9.92. The molecule has 1 N–H and O–H groups in total. The minimum absolute atomic E-state index is 0.402. The van der Waals surface area contributed by atoms with Gasteiger partial charge in [-0.3, -0.25) is 0 Å². The first kappa shape index (κ1) is 15.1. The fourth-order valence-electron chi connectivity index (χ4n) is 2.80. The maximum atomic E-state index is 5.47. The molecule has 4 nitrogen and oxygen atoms in total. The van der Waals surface area contributed by atoms with E-state index in [-0.39, 0.29) is 0 Å². The molecule has 0 amide bonds. The number of methoxy groups -OCH3 is 3. The average Bonchev–Trinajstić information content (AvgIpc) is 2.52. The van der Waals surface area contributed by atoms with Crippen LogP contribution in [0.15, 0.2) is 18.2 Å². The van der Waals surface area contributed by atoms with E-state index in [2.05, 4.69) is 11.4 Å². The summed E-state index contributed by atoms with van der Waals surface area (Å²) in [6.45, 7) is 0.814. The van der Waals surface area contributed by atoms with Crippen molar-refractivity contribution in [1.29, 1.82) is 0 Å². The van der Waals surface area contributed by atoms with E-state index in [1.54, 1.807) is 21.3 Å². The summed E-state index contributed by atoms with van der Waals surface area (Å²) in [5, 5.41) is 3.61. The Bertz CT molecular complexity index is 422. The second-order valence-corrected chi connectivity index (χ2v) is 5.28. The average molecular weight is 279 g/mol. The largest absolute Gasteiger partial charge is 0.497 e. The second-order valence-electron chi connectivity index (χ2n) is 5.28. The molecular formula is C16H25NO3. The van der Waals surface area contributed by atoms with Crippen LogP contribution in [0.25, 0.3) is 0 Å². The van der Waals surface area contributed by atoms with Gasteiger partial charge in [0.25, 0.3) is 0 Å². The molecule has 0 bridgehead atoms. The zero-order chi connectivity index (χ0) is 14.4. The number of hydrogen-bond acceptors (Lipinski definition) is 4. The highest BCUT2D eigenvalue weighted by molar-refractivity contribution is 5.40. The van der Waals surface area contributed by atoms with Gasteiger partial charge in [0.15, 0.2) is 0 Å². The Kier molecular flexibility index (Phi) is 5.68. The molecule has 0 radical (unpaired) electrons. The minimum Gasteiger partial charge on any atom is -0.497 e. The molecule has 2 atom stereocenters. The van der Waals surface area contributed by atoms with Crippen molar-refractivity contribution in [3.8, 4) is 11.5 Å². The number of rotatable bonds is 6. The first-order valence-electron chi connectivity index (χ1n) is 7.24. The molecule has 2 rings (SSSR count). The van der Waals surface area contributed by atoms with Crippen LogP contribution in [-0.2, 0) is 11.3 Å². The molecule has 1 aliphatic carbocycles. The third-order valence-electron chi connectivity index (χ3n) is 4.03. The van der Waals surface area contributed by atoms with Crippen LogP contribution in [-0.4, -0.2) is 33.5 Å². The lowest BCUT2D eigenvalue weighted by molar-refractivity contribution is 0.0586. The van der Waals surface area contributed by atoms with Gasteiger partial charge in [-0.2, -0.15) is 0 Å². The molecule has 4 heteroatoms. The van der Waals surface area contributed by atoms with Gasteiger partial charge in [0, 0.05) is 31.3 Å². The Balaban J connectivity index is 1.93. The Morgan fingerprint density at radius 2 is 2.00 bits per heavy atom. The molecule has 112 valence electrons. The summed E-state index contributed by atoms with van der Waals surface area (Å²) >= 11 is 0. The van der Waals surface area contributed by atoms with Gasteiger partial charge < -0.3 is 19.5 Å². The van der Waals surface area contributed by atoms with Crippen LogP contribution in [0, 0.1) is 0 Å². The molecule has 20 heavy (non-hydrogen) atoms. The van der Waals surface area contributed by atoms with E-state index in [4.69, 9.17) is 14.2 Å². The topological polar surface area (TPSA) is 39.7 Å². The summed E-state index contributed by atoms with van der Waals surface area (Å²) < 4.78 is 16.1. The Morgan fingerprint density at radius 3 is 2.70 bits per heavy atom. The highest BCUT2D eigenvalue weighted by atomic mass is 16.5. The van der Waals surface area contributed by atoms with Crippen molar-refractivity contribution in [2.24, 2.45) is 0 Å². The van der Waals surface area contributed by atoms with Crippen molar-refractivity contribution in [1.82, 2.24) is 5.32 Å². The van der Waals surface area contributed by atoms with Crippen molar-refractivity contribution in [3.05, 3.63) is 23.8 Å². The molecule has 0 aliphatic heterocycles. The van der Waals surface area contributed by atoms with E-state index < -0.39 is 0 Å². The Labute approximate surface area is 121 Å². The summed E-state index contributed by atoms with van der Waals surface area (Å²) in [5.41, 5.74) is 1.16. The molecule has 1 aromatic carbocycles. The van der Waals surface area contributed by atoms with Gasteiger partial charge in [-0.25, -0.2) is 0 Å². The van der Waals surface area contributed by atoms with E-state index in [1.165, 1.54) is 19.3 Å². The van der Waals surface area contributed by atoms with Crippen molar-refractivity contribution < 1.29 is 14.2 Å². The van der Waals surface area contributed by atoms with Crippen LogP contribution < -0.4 is 14.8 Å². The van der Waals surface area contributed by atoms with Gasteiger partial charge >= 0.3 is 0 Å². The van der Waals surface area contributed by atoms with Gasteiger partial charge in [-0.05, 0) is 31.7 Å².